The van der Waals surface area contributed by atoms with Gasteiger partial charge in [-0.25, -0.2) is 4.98 Å². The molecule has 2 aromatic rings. The molecule has 0 atom stereocenters. The fourth-order valence-electron chi connectivity index (χ4n) is 1.67. The number of amides is 1. The van der Waals surface area contributed by atoms with Gasteiger partial charge < -0.3 is 10.1 Å². The third-order valence-electron chi connectivity index (χ3n) is 2.88. The molecule has 1 fully saturated rings. The highest BCUT2D eigenvalue weighted by atomic mass is 35.5. The van der Waals surface area contributed by atoms with Crippen LogP contribution < -0.4 is 10.1 Å². The van der Waals surface area contributed by atoms with Gasteiger partial charge in [-0.1, -0.05) is 23.7 Å². The number of hydrogen-bond acceptors (Lipinski definition) is 4. The van der Waals surface area contributed by atoms with Crippen molar-refractivity contribution in [2.24, 2.45) is 0 Å². The normalized spacial score (nSPS) is 14.1. The fourth-order valence-corrected chi connectivity index (χ4v) is 2.55. The van der Waals surface area contributed by atoms with Crippen molar-refractivity contribution in [1.82, 2.24) is 10.3 Å². The lowest BCUT2D eigenvalue weighted by atomic mass is 10.3. The molecule has 0 unspecified atom stereocenters. The Labute approximate surface area is 125 Å². The summed E-state index contributed by atoms with van der Waals surface area (Å²) in [5.74, 6) is 0.515. The van der Waals surface area contributed by atoms with Crippen molar-refractivity contribution >= 4 is 28.8 Å². The van der Waals surface area contributed by atoms with Crippen LogP contribution in [0.4, 0.5) is 0 Å². The zero-order valence-electron chi connectivity index (χ0n) is 10.6. The minimum atomic E-state index is -0.104. The van der Waals surface area contributed by atoms with Gasteiger partial charge in [-0.2, -0.15) is 0 Å². The minimum Gasteiger partial charge on any atom is -0.485 e. The first-order valence-corrected chi connectivity index (χ1v) is 7.61. The first kappa shape index (κ1) is 13.4. The Kier molecular flexibility index (Phi) is 3.89. The Balaban J connectivity index is 1.59. The summed E-state index contributed by atoms with van der Waals surface area (Å²) in [5, 5.41) is 5.98. The number of ether oxygens (including phenoxy) is 1. The number of hydrogen-bond donors (Lipinski definition) is 1. The Bertz CT molecular complexity index is 625. The highest BCUT2D eigenvalue weighted by molar-refractivity contribution is 7.09. The molecule has 1 amide bonds. The molecule has 0 bridgehead atoms. The zero-order valence-corrected chi connectivity index (χ0v) is 12.2. The SMILES string of the molecule is O=C(NC1CC1)c1csc(COc2ccccc2Cl)n1. The number of carbonyl (C=O) groups is 1. The van der Waals surface area contributed by atoms with Crippen molar-refractivity contribution < 1.29 is 9.53 Å². The van der Waals surface area contributed by atoms with Crippen LogP contribution in [-0.4, -0.2) is 16.9 Å². The van der Waals surface area contributed by atoms with Crippen LogP contribution in [0, 0.1) is 0 Å². The summed E-state index contributed by atoms with van der Waals surface area (Å²) >= 11 is 7.41. The van der Waals surface area contributed by atoms with Gasteiger partial charge in [0.15, 0.2) is 0 Å². The predicted octanol–water partition coefficient (Wildman–Crippen LogP) is 3.27. The zero-order chi connectivity index (χ0) is 13.9. The van der Waals surface area contributed by atoms with Gasteiger partial charge in [0.05, 0.1) is 5.02 Å². The molecule has 4 nitrogen and oxygen atoms in total. The standard InChI is InChI=1S/C14H13ClN2O2S/c15-10-3-1-2-4-12(10)19-7-13-17-11(8-20-13)14(18)16-9-5-6-9/h1-4,8-9H,5-7H2,(H,16,18). The predicted molar refractivity (Wildman–Crippen MR) is 78.4 cm³/mol. The smallest absolute Gasteiger partial charge is 0.270 e. The Hall–Kier alpha value is -1.59. The van der Waals surface area contributed by atoms with Crippen molar-refractivity contribution in [3.05, 3.63) is 45.4 Å². The molecule has 3 rings (SSSR count). The molecule has 104 valence electrons. The minimum absolute atomic E-state index is 0.104. The summed E-state index contributed by atoms with van der Waals surface area (Å²) in [4.78, 5) is 16.1. The molecular weight excluding hydrogens is 296 g/mol. The maximum absolute atomic E-state index is 11.8. The average molecular weight is 309 g/mol. The van der Waals surface area contributed by atoms with Gasteiger partial charge >= 0.3 is 0 Å². The van der Waals surface area contributed by atoms with Crippen LogP contribution in [-0.2, 0) is 6.61 Å². The lowest BCUT2D eigenvalue weighted by Gasteiger charge is -2.05. The van der Waals surface area contributed by atoms with Gasteiger partial charge in [0.2, 0.25) is 0 Å². The Morgan fingerprint density at radius 1 is 1.45 bits per heavy atom. The number of nitrogens with one attached hydrogen (secondary N) is 1. The molecule has 0 aliphatic heterocycles. The van der Waals surface area contributed by atoms with Crippen LogP contribution in [0.1, 0.15) is 28.3 Å². The van der Waals surface area contributed by atoms with Crippen molar-refractivity contribution in [3.63, 3.8) is 0 Å². The molecule has 1 N–H and O–H groups in total. The van der Waals surface area contributed by atoms with E-state index in [0.717, 1.165) is 17.8 Å². The number of benzene rings is 1. The van der Waals surface area contributed by atoms with E-state index in [2.05, 4.69) is 10.3 Å². The highest BCUT2D eigenvalue weighted by Crippen LogP contribution is 2.25. The third-order valence-corrected chi connectivity index (χ3v) is 4.02. The number of nitrogens with zero attached hydrogens (tertiary/aromatic N) is 1. The Morgan fingerprint density at radius 3 is 3.00 bits per heavy atom. The molecule has 1 aromatic heterocycles. The quantitative estimate of drug-likeness (QED) is 0.922. The summed E-state index contributed by atoms with van der Waals surface area (Å²) in [7, 11) is 0. The van der Waals surface area contributed by atoms with Crippen LogP contribution >= 0.6 is 22.9 Å². The first-order chi connectivity index (χ1) is 9.72. The van der Waals surface area contributed by atoms with E-state index in [1.807, 2.05) is 12.1 Å². The first-order valence-electron chi connectivity index (χ1n) is 6.35. The highest BCUT2D eigenvalue weighted by Gasteiger charge is 2.24. The van der Waals surface area contributed by atoms with Crippen molar-refractivity contribution in [2.75, 3.05) is 0 Å². The Morgan fingerprint density at radius 2 is 2.25 bits per heavy atom. The van der Waals surface area contributed by atoms with Crippen LogP contribution in [0.5, 0.6) is 5.75 Å². The molecule has 1 heterocycles. The molecule has 0 radical (unpaired) electrons. The molecule has 0 spiro atoms. The molecular formula is C14H13ClN2O2S. The van der Waals surface area contributed by atoms with E-state index < -0.39 is 0 Å². The third kappa shape index (κ3) is 3.29. The van der Waals surface area contributed by atoms with Crippen LogP contribution in [0.25, 0.3) is 0 Å². The van der Waals surface area contributed by atoms with Crippen LogP contribution in [0.2, 0.25) is 5.02 Å². The van der Waals surface area contributed by atoms with Crippen molar-refractivity contribution in [3.8, 4) is 5.75 Å². The average Bonchev–Trinajstić information content (AvgIpc) is 3.13. The summed E-state index contributed by atoms with van der Waals surface area (Å²) < 4.78 is 5.59. The maximum atomic E-state index is 11.8. The van der Waals surface area contributed by atoms with Crippen molar-refractivity contribution in [2.45, 2.75) is 25.5 Å². The molecule has 1 aliphatic rings. The topological polar surface area (TPSA) is 51.2 Å². The van der Waals surface area contributed by atoms with E-state index in [-0.39, 0.29) is 5.91 Å². The number of para-hydroxylation sites is 1. The number of rotatable bonds is 5. The van der Waals surface area contributed by atoms with Crippen LogP contribution in [0.15, 0.2) is 29.6 Å². The second-order valence-electron chi connectivity index (χ2n) is 4.59. The lowest BCUT2D eigenvalue weighted by Crippen LogP contribution is -2.25. The monoisotopic (exact) mass is 308 g/mol. The van der Waals surface area contributed by atoms with E-state index in [1.165, 1.54) is 11.3 Å². The number of halogens is 1. The fraction of sp³-hybridized carbons (Fsp3) is 0.286. The van der Waals surface area contributed by atoms with Crippen LogP contribution in [0.3, 0.4) is 0 Å². The number of thiazole rings is 1. The van der Waals surface area contributed by atoms with Gasteiger partial charge in [0, 0.05) is 11.4 Å². The number of aromatic nitrogens is 1. The summed E-state index contributed by atoms with van der Waals surface area (Å²) in [6.07, 6.45) is 2.14. The van der Waals surface area contributed by atoms with Gasteiger partial charge in [-0.3, -0.25) is 4.79 Å². The van der Waals surface area contributed by atoms with E-state index in [0.29, 0.717) is 29.1 Å². The second-order valence-corrected chi connectivity index (χ2v) is 5.94. The van der Waals surface area contributed by atoms with Gasteiger partial charge in [-0.15, -0.1) is 11.3 Å². The van der Waals surface area contributed by atoms with E-state index in [9.17, 15) is 4.79 Å². The molecule has 20 heavy (non-hydrogen) atoms. The molecule has 1 aromatic carbocycles. The lowest BCUT2D eigenvalue weighted by molar-refractivity contribution is 0.0946. The molecule has 0 saturated heterocycles. The van der Waals surface area contributed by atoms with E-state index in [4.69, 9.17) is 16.3 Å². The number of carbonyl (C=O) groups excluding carboxylic acids is 1. The van der Waals surface area contributed by atoms with Crippen molar-refractivity contribution in [1.29, 1.82) is 0 Å². The van der Waals surface area contributed by atoms with E-state index in [1.54, 1.807) is 17.5 Å². The van der Waals surface area contributed by atoms with E-state index >= 15 is 0 Å². The summed E-state index contributed by atoms with van der Waals surface area (Å²) in [6, 6.07) is 7.62. The summed E-state index contributed by atoms with van der Waals surface area (Å²) in [6.45, 7) is 0.311. The molecule has 6 heteroatoms. The summed E-state index contributed by atoms with van der Waals surface area (Å²) in [5.41, 5.74) is 0.458. The van der Waals surface area contributed by atoms with Gasteiger partial charge in [0.25, 0.3) is 5.91 Å². The van der Waals surface area contributed by atoms with Gasteiger partial charge in [-0.05, 0) is 25.0 Å². The maximum Gasteiger partial charge on any atom is 0.270 e. The largest absolute Gasteiger partial charge is 0.485 e. The second kappa shape index (κ2) is 5.81. The molecule has 1 saturated carbocycles. The molecule has 1 aliphatic carbocycles. The van der Waals surface area contributed by atoms with Gasteiger partial charge in [0.1, 0.15) is 23.1 Å².